The molecule has 0 aromatic carbocycles. The first-order valence-electron chi connectivity index (χ1n) is 5.72. The van der Waals surface area contributed by atoms with E-state index in [0.29, 0.717) is 12.0 Å². The average Bonchev–Trinajstić information content (AvgIpc) is 2.13. The fourth-order valence-corrected chi connectivity index (χ4v) is 1.93. The maximum atomic E-state index is 10.2. The molecule has 2 atom stereocenters. The molecule has 3 heteroatoms. The predicted molar refractivity (Wildman–Crippen MR) is 70.6 cm³/mol. The first-order valence-corrected chi connectivity index (χ1v) is 7.12. The minimum Gasteiger partial charge on any atom is -0.389 e. The van der Waals surface area contributed by atoms with Crippen molar-refractivity contribution in [3.05, 3.63) is 0 Å². The van der Waals surface area contributed by atoms with Crippen LogP contribution in [0.15, 0.2) is 0 Å². The van der Waals surface area contributed by atoms with E-state index in [1.807, 2.05) is 18.7 Å². The predicted octanol–water partition coefficient (Wildman–Crippen LogP) is 2.47. The topological polar surface area (TPSA) is 23.5 Å². The lowest BCUT2D eigenvalue weighted by molar-refractivity contribution is -0.0207. The van der Waals surface area contributed by atoms with Crippen LogP contribution in [0.2, 0.25) is 0 Å². The van der Waals surface area contributed by atoms with Crippen LogP contribution in [0.4, 0.5) is 0 Å². The summed E-state index contributed by atoms with van der Waals surface area (Å²) in [4.78, 5) is 2.26. The number of likely N-dealkylation sites (N-methyl/N-ethyl adjacent to an activating group) is 1. The van der Waals surface area contributed by atoms with E-state index in [-0.39, 0.29) is 0 Å². The Morgan fingerprint density at radius 1 is 1.33 bits per heavy atom. The molecule has 1 N–H and O–H groups in total. The van der Waals surface area contributed by atoms with Crippen LogP contribution in [0.25, 0.3) is 0 Å². The van der Waals surface area contributed by atoms with E-state index >= 15 is 0 Å². The van der Waals surface area contributed by atoms with Crippen molar-refractivity contribution in [2.75, 3.05) is 25.6 Å². The van der Waals surface area contributed by atoms with Gasteiger partial charge in [0.05, 0.1) is 5.60 Å². The number of nitrogens with zero attached hydrogens (tertiary/aromatic N) is 1. The van der Waals surface area contributed by atoms with Crippen molar-refractivity contribution in [3.8, 4) is 0 Å². The third kappa shape index (κ3) is 5.79. The van der Waals surface area contributed by atoms with E-state index in [9.17, 15) is 5.11 Å². The third-order valence-corrected chi connectivity index (χ3v) is 3.95. The van der Waals surface area contributed by atoms with Gasteiger partial charge in [0.25, 0.3) is 0 Å². The molecule has 0 saturated carbocycles. The number of thioether (sulfide) groups is 1. The first-order chi connectivity index (χ1) is 6.81. The van der Waals surface area contributed by atoms with Crippen LogP contribution in [0.3, 0.4) is 0 Å². The Morgan fingerprint density at radius 3 is 2.27 bits per heavy atom. The highest BCUT2D eigenvalue weighted by molar-refractivity contribution is 7.98. The minimum atomic E-state index is -0.581. The molecule has 92 valence electrons. The molecule has 0 rings (SSSR count). The Labute approximate surface area is 99.4 Å². The summed E-state index contributed by atoms with van der Waals surface area (Å²) in [6.07, 6.45) is 3.32. The maximum Gasteiger partial charge on any atom is 0.0768 e. The monoisotopic (exact) mass is 233 g/mol. The van der Waals surface area contributed by atoms with Gasteiger partial charge in [0, 0.05) is 12.6 Å². The van der Waals surface area contributed by atoms with Crippen molar-refractivity contribution in [2.45, 2.75) is 45.8 Å². The van der Waals surface area contributed by atoms with Crippen molar-refractivity contribution in [1.82, 2.24) is 4.90 Å². The van der Waals surface area contributed by atoms with Crippen molar-refractivity contribution < 1.29 is 5.11 Å². The zero-order valence-corrected chi connectivity index (χ0v) is 11.9. The third-order valence-electron chi connectivity index (χ3n) is 3.31. The molecule has 0 aliphatic carbocycles. The van der Waals surface area contributed by atoms with Crippen LogP contribution < -0.4 is 0 Å². The standard InChI is InChI=1S/C12H27NOS/c1-10(2)12(4,14)9-13(5)11(3)7-8-15-6/h10-11,14H,7-9H2,1-6H3. The van der Waals surface area contributed by atoms with Crippen molar-refractivity contribution in [1.29, 1.82) is 0 Å². The first kappa shape index (κ1) is 15.3. The summed E-state index contributed by atoms with van der Waals surface area (Å²) < 4.78 is 0. The maximum absolute atomic E-state index is 10.2. The van der Waals surface area contributed by atoms with E-state index in [1.54, 1.807) is 0 Å². The van der Waals surface area contributed by atoms with Crippen LogP contribution >= 0.6 is 11.8 Å². The number of aliphatic hydroxyl groups is 1. The molecular weight excluding hydrogens is 206 g/mol. The van der Waals surface area contributed by atoms with Gasteiger partial charge < -0.3 is 10.0 Å². The Hall–Kier alpha value is 0.270. The van der Waals surface area contributed by atoms with Gasteiger partial charge >= 0.3 is 0 Å². The Bertz CT molecular complexity index is 171. The quantitative estimate of drug-likeness (QED) is 0.731. The molecule has 15 heavy (non-hydrogen) atoms. The van der Waals surface area contributed by atoms with E-state index in [2.05, 4.69) is 39.0 Å². The molecule has 0 amide bonds. The van der Waals surface area contributed by atoms with Gasteiger partial charge in [0.15, 0.2) is 0 Å². The highest BCUT2D eigenvalue weighted by atomic mass is 32.2. The van der Waals surface area contributed by atoms with Gasteiger partial charge in [-0.05, 0) is 45.2 Å². The second-order valence-electron chi connectivity index (χ2n) is 5.06. The summed E-state index contributed by atoms with van der Waals surface area (Å²) in [5.41, 5.74) is -0.581. The van der Waals surface area contributed by atoms with Gasteiger partial charge in [0.1, 0.15) is 0 Å². The fraction of sp³-hybridized carbons (Fsp3) is 1.00. The number of hydrogen-bond acceptors (Lipinski definition) is 3. The molecule has 0 aliphatic rings. The smallest absolute Gasteiger partial charge is 0.0768 e. The molecule has 0 bridgehead atoms. The van der Waals surface area contributed by atoms with Crippen LogP contribution in [0.5, 0.6) is 0 Å². The summed E-state index contributed by atoms with van der Waals surface area (Å²) in [5.74, 6) is 1.49. The summed E-state index contributed by atoms with van der Waals surface area (Å²) in [6.45, 7) is 9.04. The molecule has 0 aromatic heterocycles. The normalized spacial score (nSPS) is 18.2. The molecule has 0 aliphatic heterocycles. The van der Waals surface area contributed by atoms with Crippen molar-refractivity contribution in [2.24, 2.45) is 5.92 Å². The number of hydrogen-bond donors (Lipinski definition) is 1. The number of rotatable bonds is 7. The van der Waals surface area contributed by atoms with E-state index in [1.165, 1.54) is 12.2 Å². The lowest BCUT2D eigenvalue weighted by atomic mass is 9.91. The Balaban J connectivity index is 4.05. The van der Waals surface area contributed by atoms with E-state index < -0.39 is 5.60 Å². The molecular formula is C12H27NOS. The van der Waals surface area contributed by atoms with Gasteiger partial charge in [-0.15, -0.1) is 0 Å². The Kier molecular flexibility index (Phi) is 6.89. The van der Waals surface area contributed by atoms with Crippen molar-refractivity contribution >= 4 is 11.8 Å². The van der Waals surface area contributed by atoms with Crippen LogP contribution in [-0.4, -0.2) is 47.3 Å². The molecule has 0 saturated heterocycles. The van der Waals surface area contributed by atoms with E-state index in [4.69, 9.17) is 0 Å². The van der Waals surface area contributed by atoms with Crippen molar-refractivity contribution in [3.63, 3.8) is 0 Å². The summed E-state index contributed by atoms with van der Waals surface area (Å²) in [6, 6.07) is 0.544. The van der Waals surface area contributed by atoms with Gasteiger partial charge in [-0.2, -0.15) is 11.8 Å². The zero-order valence-electron chi connectivity index (χ0n) is 11.1. The van der Waals surface area contributed by atoms with Gasteiger partial charge in [0.2, 0.25) is 0 Å². The SMILES string of the molecule is CSCCC(C)N(C)CC(C)(O)C(C)C. The van der Waals surface area contributed by atoms with Crippen LogP contribution in [0, 0.1) is 5.92 Å². The summed E-state index contributed by atoms with van der Waals surface area (Å²) in [7, 11) is 2.10. The molecule has 0 radical (unpaired) electrons. The lowest BCUT2D eigenvalue weighted by Crippen LogP contribution is -2.46. The molecule has 0 heterocycles. The molecule has 2 nitrogen and oxygen atoms in total. The van der Waals surface area contributed by atoms with E-state index in [0.717, 1.165) is 6.54 Å². The van der Waals surface area contributed by atoms with Gasteiger partial charge in [-0.3, -0.25) is 0 Å². The van der Waals surface area contributed by atoms with Crippen LogP contribution in [-0.2, 0) is 0 Å². The average molecular weight is 233 g/mol. The lowest BCUT2D eigenvalue weighted by Gasteiger charge is -2.35. The summed E-state index contributed by atoms with van der Waals surface area (Å²) >= 11 is 1.88. The zero-order chi connectivity index (χ0) is 12.1. The minimum absolute atomic E-state index is 0.299. The molecule has 2 unspecified atom stereocenters. The summed E-state index contributed by atoms with van der Waals surface area (Å²) in [5, 5.41) is 10.2. The molecule has 0 spiro atoms. The van der Waals surface area contributed by atoms with Gasteiger partial charge in [-0.1, -0.05) is 13.8 Å². The highest BCUT2D eigenvalue weighted by Gasteiger charge is 2.27. The molecule has 0 fully saturated rings. The largest absolute Gasteiger partial charge is 0.389 e. The second kappa shape index (κ2) is 6.77. The molecule has 0 aromatic rings. The second-order valence-corrected chi connectivity index (χ2v) is 6.04. The van der Waals surface area contributed by atoms with Crippen LogP contribution in [0.1, 0.15) is 34.1 Å². The fourth-order valence-electron chi connectivity index (χ4n) is 1.35. The Morgan fingerprint density at radius 2 is 1.87 bits per heavy atom. The highest BCUT2D eigenvalue weighted by Crippen LogP contribution is 2.18. The van der Waals surface area contributed by atoms with Gasteiger partial charge in [-0.25, -0.2) is 0 Å².